The monoisotopic (exact) mass is 364 g/mol. The standard InChI is InChI=1S/C7H6F6O6S2/c1-2-4(14)19-3-5(20(15,16)6(8,9)10)21(17,18)7(11,12)13/h2,5H,1,3H2. The summed E-state index contributed by atoms with van der Waals surface area (Å²) < 4.78 is 117. The molecule has 0 heterocycles. The Morgan fingerprint density at radius 2 is 1.33 bits per heavy atom. The normalized spacial score (nSPS) is 14.0. The molecule has 0 radical (unpaired) electrons. The van der Waals surface area contributed by atoms with Crippen molar-refractivity contribution in [2.75, 3.05) is 6.61 Å². The highest BCUT2D eigenvalue weighted by molar-refractivity contribution is 8.09. The van der Waals surface area contributed by atoms with E-state index < -0.39 is 47.8 Å². The smallest absolute Gasteiger partial charge is 0.460 e. The van der Waals surface area contributed by atoms with Crippen LogP contribution in [0.5, 0.6) is 0 Å². The number of hydrogen-bond acceptors (Lipinski definition) is 6. The highest BCUT2D eigenvalue weighted by Gasteiger charge is 2.63. The maximum absolute atomic E-state index is 12.2. The molecule has 0 saturated heterocycles. The van der Waals surface area contributed by atoms with Gasteiger partial charge >= 0.3 is 17.0 Å². The molecule has 0 N–H and O–H groups in total. The van der Waals surface area contributed by atoms with E-state index in [1.165, 1.54) is 0 Å². The Morgan fingerprint density at radius 3 is 1.57 bits per heavy atom. The molecule has 0 aliphatic rings. The molecule has 14 heteroatoms. The molecule has 0 aromatic rings. The Hall–Kier alpha value is -1.31. The van der Waals surface area contributed by atoms with E-state index in [9.17, 15) is 48.0 Å². The van der Waals surface area contributed by atoms with Crippen LogP contribution in [0.15, 0.2) is 12.7 Å². The first kappa shape index (κ1) is 19.7. The number of ether oxygens (including phenoxy) is 1. The number of esters is 1. The lowest BCUT2D eigenvalue weighted by Gasteiger charge is -2.20. The van der Waals surface area contributed by atoms with E-state index in [1.54, 1.807) is 0 Å². The van der Waals surface area contributed by atoms with Gasteiger partial charge in [-0.25, -0.2) is 21.6 Å². The van der Waals surface area contributed by atoms with Crippen molar-refractivity contribution in [1.82, 2.24) is 0 Å². The van der Waals surface area contributed by atoms with Gasteiger partial charge < -0.3 is 4.74 Å². The van der Waals surface area contributed by atoms with Gasteiger partial charge in [0.1, 0.15) is 6.61 Å². The Kier molecular flexibility index (Phi) is 5.46. The van der Waals surface area contributed by atoms with E-state index in [-0.39, 0.29) is 6.08 Å². The fraction of sp³-hybridized carbons (Fsp3) is 0.571. The van der Waals surface area contributed by atoms with Crippen LogP contribution in [0.25, 0.3) is 0 Å². The average Bonchev–Trinajstić information content (AvgIpc) is 2.25. The summed E-state index contributed by atoms with van der Waals surface area (Å²) in [6.45, 7) is 0.557. The molecule has 0 spiro atoms. The molecule has 6 nitrogen and oxygen atoms in total. The van der Waals surface area contributed by atoms with Crippen LogP contribution < -0.4 is 0 Å². The summed E-state index contributed by atoms with van der Waals surface area (Å²) in [4.78, 5) is 10.6. The number of halogens is 6. The van der Waals surface area contributed by atoms with Crippen molar-refractivity contribution in [3.05, 3.63) is 12.7 Å². The van der Waals surface area contributed by atoms with Crippen molar-refractivity contribution < 1.29 is 52.7 Å². The van der Waals surface area contributed by atoms with Crippen molar-refractivity contribution in [2.24, 2.45) is 0 Å². The van der Waals surface area contributed by atoms with Gasteiger partial charge in [0.25, 0.3) is 19.7 Å². The lowest BCUT2D eigenvalue weighted by molar-refractivity contribution is -0.137. The summed E-state index contributed by atoms with van der Waals surface area (Å²) in [5.41, 5.74) is -12.6. The van der Waals surface area contributed by atoms with Crippen LogP contribution in [0.3, 0.4) is 0 Å². The number of alkyl halides is 6. The lowest BCUT2D eigenvalue weighted by Crippen LogP contribution is -2.47. The molecule has 0 atom stereocenters. The van der Waals surface area contributed by atoms with Crippen molar-refractivity contribution in [3.63, 3.8) is 0 Å². The first-order chi connectivity index (χ1) is 9.09. The highest BCUT2D eigenvalue weighted by atomic mass is 32.3. The number of carbonyl (C=O) groups excluding carboxylic acids is 1. The minimum absolute atomic E-state index is 0.289. The van der Waals surface area contributed by atoms with E-state index >= 15 is 0 Å². The van der Waals surface area contributed by atoms with Gasteiger partial charge in [0.2, 0.25) is 4.58 Å². The minimum Gasteiger partial charge on any atom is -0.460 e. The third kappa shape index (κ3) is 4.09. The van der Waals surface area contributed by atoms with E-state index in [2.05, 4.69) is 11.3 Å². The van der Waals surface area contributed by atoms with Crippen LogP contribution in [0.2, 0.25) is 0 Å². The SMILES string of the molecule is C=CC(=O)OCC(S(=O)(=O)C(F)(F)F)S(=O)(=O)C(F)(F)F. The van der Waals surface area contributed by atoms with Crippen molar-refractivity contribution in [1.29, 1.82) is 0 Å². The predicted molar refractivity (Wildman–Crippen MR) is 54.9 cm³/mol. The molecular formula is C7H6F6O6S2. The number of sulfone groups is 2. The van der Waals surface area contributed by atoms with Crippen molar-refractivity contribution in [2.45, 2.75) is 15.6 Å². The lowest BCUT2D eigenvalue weighted by atomic mass is 10.6. The maximum Gasteiger partial charge on any atom is 0.498 e. The number of hydrogen-bond donors (Lipinski definition) is 0. The van der Waals surface area contributed by atoms with Gasteiger partial charge in [0, 0.05) is 6.08 Å². The first-order valence-electron chi connectivity index (χ1n) is 4.48. The van der Waals surface area contributed by atoms with Gasteiger partial charge in [-0.3, -0.25) is 0 Å². The number of rotatable bonds is 5. The van der Waals surface area contributed by atoms with Crippen LogP contribution in [0, 0.1) is 0 Å². The summed E-state index contributed by atoms with van der Waals surface area (Å²) in [7, 11) is -13.6. The summed E-state index contributed by atoms with van der Waals surface area (Å²) in [6.07, 6.45) is 0.289. The second-order valence-corrected chi connectivity index (χ2v) is 7.79. The second-order valence-electron chi connectivity index (χ2n) is 3.25. The van der Waals surface area contributed by atoms with Crippen LogP contribution >= 0.6 is 0 Å². The molecule has 0 amide bonds. The zero-order chi connectivity index (χ0) is 17.3. The molecule has 0 unspecified atom stereocenters. The molecule has 0 aliphatic heterocycles. The zero-order valence-corrected chi connectivity index (χ0v) is 11.2. The molecule has 0 bridgehead atoms. The summed E-state index contributed by atoms with van der Waals surface area (Å²) in [5.74, 6) is -1.60. The summed E-state index contributed by atoms with van der Waals surface area (Å²) >= 11 is 0. The second kappa shape index (κ2) is 5.82. The Labute approximate surface area is 114 Å². The third-order valence-electron chi connectivity index (χ3n) is 1.87. The highest BCUT2D eigenvalue weighted by Crippen LogP contribution is 2.36. The summed E-state index contributed by atoms with van der Waals surface area (Å²) in [6, 6.07) is 0. The molecule has 0 fully saturated rings. The van der Waals surface area contributed by atoms with Crippen molar-refractivity contribution in [3.8, 4) is 0 Å². The van der Waals surface area contributed by atoms with E-state index in [4.69, 9.17) is 0 Å². The van der Waals surface area contributed by atoms with Crippen molar-refractivity contribution >= 4 is 25.6 Å². The molecule has 0 rings (SSSR count). The zero-order valence-electron chi connectivity index (χ0n) is 9.60. The van der Waals surface area contributed by atoms with E-state index in [0.717, 1.165) is 0 Å². The van der Waals surface area contributed by atoms with Gasteiger partial charge in [-0.1, -0.05) is 6.58 Å². The van der Waals surface area contributed by atoms with E-state index in [1.807, 2.05) is 0 Å². The molecule has 0 aromatic carbocycles. The topological polar surface area (TPSA) is 94.6 Å². The Bertz CT molecular complexity index is 569. The molecule has 124 valence electrons. The van der Waals surface area contributed by atoms with Crippen LogP contribution in [0.4, 0.5) is 26.3 Å². The van der Waals surface area contributed by atoms with Gasteiger partial charge in [0.05, 0.1) is 0 Å². The van der Waals surface area contributed by atoms with Crippen LogP contribution in [-0.4, -0.2) is 45.0 Å². The molecule has 0 aliphatic carbocycles. The average molecular weight is 364 g/mol. The largest absolute Gasteiger partial charge is 0.498 e. The fourth-order valence-electron chi connectivity index (χ4n) is 0.853. The van der Waals surface area contributed by atoms with Gasteiger partial charge in [0.15, 0.2) is 0 Å². The third-order valence-corrected chi connectivity index (χ3v) is 6.33. The van der Waals surface area contributed by atoms with Gasteiger partial charge in [-0.15, -0.1) is 0 Å². The minimum atomic E-state index is -6.80. The van der Waals surface area contributed by atoms with Crippen LogP contribution in [-0.2, 0) is 29.2 Å². The summed E-state index contributed by atoms with van der Waals surface area (Å²) in [5, 5.41) is 0. The molecule has 21 heavy (non-hydrogen) atoms. The van der Waals surface area contributed by atoms with Gasteiger partial charge in [-0.05, 0) is 0 Å². The predicted octanol–water partition coefficient (Wildman–Crippen LogP) is 0.911. The van der Waals surface area contributed by atoms with Crippen LogP contribution in [0.1, 0.15) is 0 Å². The maximum atomic E-state index is 12.2. The van der Waals surface area contributed by atoms with Gasteiger partial charge in [-0.2, -0.15) is 26.3 Å². The first-order valence-corrected chi connectivity index (χ1v) is 7.57. The quantitative estimate of drug-likeness (QED) is 0.409. The number of carbonyl (C=O) groups is 1. The molecule has 0 aromatic heterocycles. The van der Waals surface area contributed by atoms with E-state index in [0.29, 0.717) is 0 Å². The molecular weight excluding hydrogens is 358 g/mol. The fourth-order valence-corrected chi connectivity index (χ4v) is 3.93. The Morgan fingerprint density at radius 1 is 1.00 bits per heavy atom. The Balaban J connectivity index is 5.96. The molecule has 0 saturated carbocycles.